The molecule has 1 aliphatic rings. The number of amides is 1. The van der Waals surface area contributed by atoms with Gasteiger partial charge >= 0.3 is 5.97 Å². The minimum Gasteiger partial charge on any atom is -0.478 e. The van der Waals surface area contributed by atoms with Gasteiger partial charge in [-0.15, -0.1) is 0 Å². The number of carboxylic acid groups (broad SMARTS) is 1. The molecular weight excluding hydrogens is 270 g/mol. The van der Waals surface area contributed by atoms with Gasteiger partial charge < -0.3 is 14.7 Å². The molecule has 5 heteroatoms. The number of carbonyl (C=O) groups excluding carboxylic acids is 1. The molecule has 0 bridgehead atoms. The summed E-state index contributed by atoms with van der Waals surface area (Å²) in [7, 11) is 1.77. The Bertz CT molecular complexity index is 530. The normalized spacial score (nSPS) is 18.0. The van der Waals surface area contributed by atoms with Gasteiger partial charge in [0.1, 0.15) is 6.10 Å². The summed E-state index contributed by atoms with van der Waals surface area (Å²) in [6, 6.07) is 7.44. The Morgan fingerprint density at radius 2 is 2.10 bits per heavy atom. The van der Waals surface area contributed by atoms with Crippen LogP contribution in [0.15, 0.2) is 30.3 Å². The number of hydrogen-bond donors (Lipinski definition) is 1. The van der Waals surface area contributed by atoms with Gasteiger partial charge in [0.15, 0.2) is 0 Å². The van der Waals surface area contributed by atoms with Gasteiger partial charge in [-0.3, -0.25) is 4.79 Å². The molecule has 5 nitrogen and oxygen atoms in total. The van der Waals surface area contributed by atoms with Gasteiger partial charge in [0.2, 0.25) is 0 Å². The van der Waals surface area contributed by atoms with Crippen molar-refractivity contribution in [3.05, 3.63) is 41.5 Å². The molecule has 2 rings (SSSR count). The van der Waals surface area contributed by atoms with E-state index in [-0.39, 0.29) is 12.0 Å². The lowest BCUT2D eigenvalue weighted by atomic mass is 10.1. The molecule has 1 atom stereocenters. The van der Waals surface area contributed by atoms with Gasteiger partial charge in [-0.2, -0.15) is 0 Å². The number of ether oxygens (including phenoxy) is 1. The minimum absolute atomic E-state index is 0.0161. The van der Waals surface area contributed by atoms with Crippen molar-refractivity contribution < 1.29 is 19.4 Å². The summed E-state index contributed by atoms with van der Waals surface area (Å²) < 4.78 is 5.39. The molecule has 1 aromatic carbocycles. The maximum Gasteiger partial charge on any atom is 0.328 e. The van der Waals surface area contributed by atoms with Crippen LogP contribution in [0.1, 0.15) is 24.0 Å². The third-order valence-electron chi connectivity index (χ3n) is 3.40. The van der Waals surface area contributed by atoms with Crippen molar-refractivity contribution in [2.75, 3.05) is 13.7 Å². The van der Waals surface area contributed by atoms with E-state index >= 15 is 0 Å². The van der Waals surface area contributed by atoms with E-state index in [9.17, 15) is 9.59 Å². The number of hydrogen-bond acceptors (Lipinski definition) is 3. The second-order valence-corrected chi connectivity index (χ2v) is 5.11. The van der Waals surface area contributed by atoms with Crippen LogP contribution in [0.25, 0.3) is 6.08 Å². The van der Waals surface area contributed by atoms with Gasteiger partial charge in [0.05, 0.1) is 0 Å². The number of carbonyl (C=O) groups is 2. The van der Waals surface area contributed by atoms with Gasteiger partial charge in [-0.1, -0.05) is 24.3 Å². The third-order valence-corrected chi connectivity index (χ3v) is 3.40. The summed E-state index contributed by atoms with van der Waals surface area (Å²) in [4.78, 5) is 24.2. The first-order valence-electron chi connectivity index (χ1n) is 6.93. The van der Waals surface area contributed by atoms with Crippen LogP contribution >= 0.6 is 0 Å². The van der Waals surface area contributed by atoms with E-state index in [0.29, 0.717) is 13.2 Å². The topological polar surface area (TPSA) is 66.8 Å². The van der Waals surface area contributed by atoms with Crippen molar-refractivity contribution in [3.8, 4) is 0 Å². The SMILES string of the molecule is CN(Cc1ccc(C=CC(=O)O)cc1)C(=O)C1CCCO1. The maximum absolute atomic E-state index is 12.1. The minimum atomic E-state index is -0.971. The number of rotatable bonds is 5. The van der Waals surface area contributed by atoms with E-state index in [1.54, 1.807) is 11.9 Å². The highest BCUT2D eigenvalue weighted by Crippen LogP contribution is 2.16. The lowest BCUT2D eigenvalue weighted by Crippen LogP contribution is -2.35. The highest BCUT2D eigenvalue weighted by Gasteiger charge is 2.26. The van der Waals surface area contributed by atoms with E-state index in [1.807, 2.05) is 24.3 Å². The summed E-state index contributed by atoms with van der Waals surface area (Å²) in [5.74, 6) is -0.955. The van der Waals surface area contributed by atoms with E-state index in [0.717, 1.165) is 30.0 Å². The van der Waals surface area contributed by atoms with Gasteiger partial charge in [-0.25, -0.2) is 4.79 Å². The molecule has 0 aliphatic carbocycles. The largest absolute Gasteiger partial charge is 0.478 e. The summed E-state index contributed by atoms with van der Waals surface area (Å²) in [5, 5.41) is 8.57. The van der Waals surface area contributed by atoms with Crippen molar-refractivity contribution in [2.45, 2.75) is 25.5 Å². The second kappa shape index (κ2) is 7.04. The Hall–Kier alpha value is -2.14. The van der Waals surface area contributed by atoms with Gasteiger partial charge in [-0.05, 0) is 30.0 Å². The predicted octanol–water partition coefficient (Wildman–Crippen LogP) is 1.92. The quantitative estimate of drug-likeness (QED) is 0.841. The average Bonchev–Trinajstić information content (AvgIpc) is 2.99. The summed E-state index contributed by atoms with van der Waals surface area (Å²) in [6.45, 7) is 1.18. The molecular formula is C16H19NO4. The monoisotopic (exact) mass is 289 g/mol. The predicted molar refractivity (Wildman–Crippen MR) is 78.6 cm³/mol. The zero-order valence-corrected chi connectivity index (χ0v) is 12.0. The zero-order chi connectivity index (χ0) is 15.2. The first kappa shape index (κ1) is 15.3. The Morgan fingerprint density at radius 1 is 1.38 bits per heavy atom. The number of nitrogens with zero attached hydrogens (tertiary/aromatic N) is 1. The summed E-state index contributed by atoms with van der Waals surface area (Å²) >= 11 is 0. The average molecular weight is 289 g/mol. The fourth-order valence-electron chi connectivity index (χ4n) is 2.27. The van der Waals surface area contributed by atoms with Crippen LogP contribution in [0.2, 0.25) is 0 Å². The standard InChI is InChI=1S/C16H19NO4/c1-17(16(20)14-3-2-10-21-14)11-13-6-4-12(5-7-13)8-9-15(18)19/h4-9,14H,2-3,10-11H2,1H3,(H,18,19). The lowest BCUT2D eigenvalue weighted by molar-refractivity contribution is -0.140. The molecule has 1 saturated heterocycles. The molecule has 1 fully saturated rings. The lowest BCUT2D eigenvalue weighted by Gasteiger charge is -2.20. The van der Waals surface area contributed by atoms with Gasteiger partial charge in [0.25, 0.3) is 5.91 Å². The van der Waals surface area contributed by atoms with Crippen molar-refractivity contribution in [1.29, 1.82) is 0 Å². The maximum atomic E-state index is 12.1. The molecule has 0 aromatic heterocycles. The molecule has 1 heterocycles. The number of carboxylic acids is 1. The first-order valence-corrected chi connectivity index (χ1v) is 6.93. The molecule has 21 heavy (non-hydrogen) atoms. The van der Waals surface area contributed by atoms with Crippen LogP contribution < -0.4 is 0 Å². The van der Waals surface area contributed by atoms with E-state index in [4.69, 9.17) is 9.84 Å². The molecule has 0 spiro atoms. The van der Waals surface area contributed by atoms with Crippen LogP contribution in [0.3, 0.4) is 0 Å². The van der Waals surface area contributed by atoms with Crippen molar-refractivity contribution >= 4 is 18.0 Å². The van der Waals surface area contributed by atoms with Crippen molar-refractivity contribution in [3.63, 3.8) is 0 Å². The molecule has 1 N–H and O–H groups in total. The molecule has 1 aliphatic heterocycles. The van der Waals surface area contributed by atoms with E-state index in [1.165, 1.54) is 6.08 Å². The Morgan fingerprint density at radius 3 is 2.67 bits per heavy atom. The molecule has 1 aromatic rings. The summed E-state index contributed by atoms with van der Waals surface area (Å²) in [5.41, 5.74) is 1.81. The fourth-order valence-corrected chi connectivity index (χ4v) is 2.27. The summed E-state index contributed by atoms with van der Waals surface area (Å²) in [6.07, 6.45) is 4.07. The van der Waals surface area contributed by atoms with Crippen LogP contribution in [0.5, 0.6) is 0 Å². The highest BCUT2D eigenvalue weighted by atomic mass is 16.5. The van der Waals surface area contributed by atoms with Crippen molar-refractivity contribution in [2.24, 2.45) is 0 Å². The smallest absolute Gasteiger partial charge is 0.328 e. The first-order chi connectivity index (χ1) is 10.1. The van der Waals surface area contributed by atoms with Crippen LogP contribution in [0.4, 0.5) is 0 Å². The number of aliphatic carboxylic acids is 1. The van der Waals surface area contributed by atoms with Gasteiger partial charge in [0, 0.05) is 26.3 Å². The molecule has 112 valence electrons. The Kier molecular flexibility index (Phi) is 5.11. The van der Waals surface area contributed by atoms with Crippen molar-refractivity contribution in [1.82, 2.24) is 4.90 Å². The fraction of sp³-hybridized carbons (Fsp3) is 0.375. The number of benzene rings is 1. The molecule has 0 radical (unpaired) electrons. The zero-order valence-electron chi connectivity index (χ0n) is 12.0. The highest BCUT2D eigenvalue weighted by molar-refractivity contribution is 5.85. The van der Waals surface area contributed by atoms with E-state index in [2.05, 4.69) is 0 Å². The Balaban J connectivity index is 1.93. The number of likely N-dealkylation sites (N-methyl/N-ethyl adjacent to an activating group) is 1. The Labute approximate surface area is 123 Å². The van der Waals surface area contributed by atoms with E-state index < -0.39 is 5.97 Å². The van der Waals surface area contributed by atoms with Crippen LogP contribution in [0, 0.1) is 0 Å². The van der Waals surface area contributed by atoms with Crippen LogP contribution in [-0.4, -0.2) is 41.6 Å². The third kappa shape index (κ3) is 4.43. The van der Waals surface area contributed by atoms with Crippen LogP contribution in [-0.2, 0) is 20.9 Å². The second-order valence-electron chi connectivity index (χ2n) is 5.11. The molecule has 0 saturated carbocycles. The molecule has 1 unspecified atom stereocenters. The molecule has 1 amide bonds.